The lowest BCUT2D eigenvalue weighted by molar-refractivity contribution is 0.0698. The highest BCUT2D eigenvalue weighted by atomic mass is 32.2. The van der Waals surface area contributed by atoms with Gasteiger partial charge < -0.3 is 5.11 Å². The Balaban J connectivity index is 1.79. The minimum absolute atomic E-state index is 0.231. The van der Waals surface area contributed by atoms with Gasteiger partial charge in [-0.25, -0.2) is 17.9 Å². The van der Waals surface area contributed by atoms with Crippen LogP contribution in [0, 0.1) is 5.41 Å². The molecular formula is C26H31NO4S. The molecule has 0 amide bonds. The first-order chi connectivity index (χ1) is 15.0. The Kier molecular flexibility index (Phi) is 7.06. The van der Waals surface area contributed by atoms with Crippen LogP contribution >= 0.6 is 0 Å². The Morgan fingerprint density at radius 3 is 2.22 bits per heavy atom. The molecule has 2 aliphatic rings. The molecule has 6 heteroatoms. The van der Waals surface area contributed by atoms with Crippen molar-refractivity contribution in [3.05, 3.63) is 77.4 Å². The number of carbonyl (C=O) groups is 1. The molecule has 0 bridgehead atoms. The molecule has 32 heavy (non-hydrogen) atoms. The molecule has 1 aromatic carbocycles. The first-order valence-corrected chi connectivity index (χ1v) is 12.3. The molecule has 1 aromatic rings. The summed E-state index contributed by atoms with van der Waals surface area (Å²) in [5, 5.41) is 9.72. The zero-order chi connectivity index (χ0) is 23.5. The van der Waals surface area contributed by atoms with Gasteiger partial charge in [0.2, 0.25) is 10.0 Å². The van der Waals surface area contributed by atoms with Crippen molar-refractivity contribution in [3.8, 4) is 11.1 Å². The number of carboxylic acids is 1. The van der Waals surface area contributed by atoms with Crippen LogP contribution in [0.3, 0.4) is 0 Å². The average Bonchev–Trinajstić information content (AvgIpc) is 2.90. The van der Waals surface area contributed by atoms with Crippen LogP contribution < -0.4 is 4.72 Å². The molecule has 0 unspecified atom stereocenters. The molecule has 5 nitrogen and oxygen atoms in total. The van der Waals surface area contributed by atoms with Gasteiger partial charge >= 0.3 is 5.97 Å². The minimum Gasteiger partial charge on any atom is -0.478 e. The van der Waals surface area contributed by atoms with Crippen molar-refractivity contribution in [2.45, 2.75) is 51.3 Å². The van der Waals surface area contributed by atoms with Gasteiger partial charge in [-0.05, 0) is 64.6 Å². The van der Waals surface area contributed by atoms with E-state index in [2.05, 4.69) is 38.5 Å². The van der Waals surface area contributed by atoms with E-state index in [-0.39, 0.29) is 10.3 Å². The summed E-state index contributed by atoms with van der Waals surface area (Å²) in [7, 11) is -3.55. The lowest BCUT2D eigenvalue weighted by Gasteiger charge is -2.25. The summed E-state index contributed by atoms with van der Waals surface area (Å²) >= 11 is 0. The maximum Gasteiger partial charge on any atom is 0.336 e. The number of sulfonamides is 1. The Bertz CT molecular complexity index is 1170. The molecule has 0 heterocycles. The lowest BCUT2D eigenvalue weighted by atomic mass is 9.82. The molecule has 3 rings (SSSR count). The molecule has 0 saturated heterocycles. The van der Waals surface area contributed by atoms with E-state index in [0.717, 1.165) is 22.3 Å². The molecule has 0 radical (unpaired) electrons. The fourth-order valence-corrected chi connectivity index (χ4v) is 5.01. The van der Waals surface area contributed by atoms with Crippen LogP contribution in [0.4, 0.5) is 0 Å². The average molecular weight is 454 g/mol. The van der Waals surface area contributed by atoms with Gasteiger partial charge in [-0.2, -0.15) is 0 Å². The number of hydrogen-bond acceptors (Lipinski definition) is 3. The second-order valence-corrected chi connectivity index (χ2v) is 11.1. The highest BCUT2D eigenvalue weighted by Crippen LogP contribution is 2.37. The molecule has 2 aliphatic carbocycles. The van der Waals surface area contributed by atoms with Crippen LogP contribution in [0.2, 0.25) is 0 Å². The Labute approximate surface area is 190 Å². The van der Waals surface area contributed by atoms with Crippen LogP contribution in [0.1, 0.15) is 61.5 Å². The smallest absolute Gasteiger partial charge is 0.336 e. The van der Waals surface area contributed by atoms with Crippen molar-refractivity contribution in [2.24, 2.45) is 5.41 Å². The molecule has 0 aromatic heterocycles. The van der Waals surface area contributed by atoms with Gasteiger partial charge in [-0.1, -0.05) is 70.2 Å². The van der Waals surface area contributed by atoms with Crippen LogP contribution in [-0.2, 0) is 16.4 Å². The Morgan fingerprint density at radius 1 is 1.00 bits per heavy atom. The topological polar surface area (TPSA) is 83.5 Å². The normalized spacial score (nSPS) is 12.4. The number of hydrogen-bond donors (Lipinski definition) is 2. The molecule has 0 spiro atoms. The molecular weight excluding hydrogens is 422 g/mol. The third-order valence-corrected chi connectivity index (χ3v) is 7.32. The lowest BCUT2D eigenvalue weighted by Crippen LogP contribution is -2.29. The van der Waals surface area contributed by atoms with E-state index in [1.807, 2.05) is 18.2 Å². The highest BCUT2D eigenvalue weighted by Gasteiger charge is 2.26. The SMILES string of the molecule is CC(C)c1ccc2c(CC(C)(C)CCNS(=O)(=O)c3ccccc3)cc(C(=O)O)c-2cc1. The van der Waals surface area contributed by atoms with E-state index in [1.54, 1.807) is 36.4 Å². The monoisotopic (exact) mass is 453 g/mol. The Morgan fingerprint density at radius 2 is 1.62 bits per heavy atom. The van der Waals surface area contributed by atoms with Gasteiger partial charge in [0.1, 0.15) is 0 Å². The molecule has 170 valence electrons. The van der Waals surface area contributed by atoms with E-state index < -0.39 is 16.0 Å². The number of rotatable bonds is 9. The number of fused-ring (bicyclic) bond motifs is 1. The van der Waals surface area contributed by atoms with Gasteiger partial charge in [-0.3, -0.25) is 0 Å². The fraction of sp³-hybridized carbons (Fsp3) is 0.346. The van der Waals surface area contributed by atoms with E-state index >= 15 is 0 Å². The quantitative estimate of drug-likeness (QED) is 0.445. The maximum atomic E-state index is 12.5. The standard InChI is InChI=1S/C26H31NO4S/c1-18(2)19-10-12-22-20(16-24(25(28)29)23(22)13-11-19)17-26(3,4)14-15-27-32(30,31)21-8-6-5-7-9-21/h5-13,16,18,27H,14-15,17H2,1-4H3,(H,28,29). The zero-order valence-corrected chi connectivity index (χ0v) is 19.9. The van der Waals surface area contributed by atoms with Gasteiger partial charge in [0, 0.05) is 6.54 Å². The summed E-state index contributed by atoms with van der Waals surface area (Å²) in [5.41, 5.74) is 3.87. The molecule has 0 fully saturated rings. The van der Waals surface area contributed by atoms with E-state index in [9.17, 15) is 18.3 Å². The van der Waals surface area contributed by atoms with Crippen LogP contribution in [0.5, 0.6) is 0 Å². The first kappa shape index (κ1) is 24.0. The third-order valence-electron chi connectivity index (χ3n) is 5.84. The molecule has 0 atom stereocenters. The summed E-state index contributed by atoms with van der Waals surface area (Å²) in [5.74, 6) is -0.593. The Hall–Kier alpha value is -2.70. The number of benzene rings is 1. The summed E-state index contributed by atoms with van der Waals surface area (Å²) < 4.78 is 27.6. The van der Waals surface area contributed by atoms with Crippen LogP contribution in [0.15, 0.2) is 65.6 Å². The van der Waals surface area contributed by atoms with Crippen molar-refractivity contribution < 1.29 is 18.3 Å². The van der Waals surface area contributed by atoms with Crippen molar-refractivity contribution in [1.29, 1.82) is 0 Å². The van der Waals surface area contributed by atoms with Crippen molar-refractivity contribution in [2.75, 3.05) is 6.54 Å². The van der Waals surface area contributed by atoms with E-state index in [1.165, 1.54) is 0 Å². The number of aromatic carboxylic acids is 1. The third kappa shape index (κ3) is 5.56. The van der Waals surface area contributed by atoms with Crippen molar-refractivity contribution in [3.63, 3.8) is 0 Å². The fourth-order valence-electron chi connectivity index (χ4n) is 3.96. The van der Waals surface area contributed by atoms with Gasteiger partial charge in [0.05, 0.1) is 10.5 Å². The van der Waals surface area contributed by atoms with Crippen LogP contribution in [-0.4, -0.2) is 26.0 Å². The summed E-state index contributed by atoms with van der Waals surface area (Å²) in [6, 6.07) is 18.0. The van der Waals surface area contributed by atoms with E-state index in [0.29, 0.717) is 30.9 Å². The van der Waals surface area contributed by atoms with Gasteiger partial charge in [0.15, 0.2) is 0 Å². The molecule has 2 N–H and O–H groups in total. The van der Waals surface area contributed by atoms with Crippen LogP contribution in [0.25, 0.3) is 11.1 Å². The van der Waals surface area contributed by atoms with E-state index in [4.69, 9.17) is 0 Å². The van der Waals surface area contributed by atoms with Gasteiger partial charge in [0.25, 0.3) is 0 Å². The number of nitrogens with one attached hydrogen (secondary N) is 1. The predicted octanol–water partition coefficient (Wildman–Crippen LogP) is 5.55. The zero-order valence-electron chi connectivity index (χ0n) is 19.1. The largest absolute Gasteiger partial charge is 0.478 e. The van der Waals surface area contributed by atoms with Gasteiger partial charge in [-0.15, -0.1) is 0 Å². The maximum absolute atomic E-state index is 12.5. The summed E-state index contributed by atoms with van der Waals surface area (Å²) in [4.78, 5) is 12.1. The predicted molar refractivity (Wildman–Crippen MR) is 128 cm³/mol. The summed E-state index contributed by atoms with van der Waals surface area (Å²) in [6.45, 7) is 8.67. The first-order valence-electron chi connectivity index (χ1n) is 10.8. The second-order valence-electron chi connectivity index (χ2n) is 9.34. The van der Waals surface area contributed by atoms with Crippen molar-refractivity contribution >= 4 is 16.0 Å². The second kappa shape index (κ2) is 9.43. The summed E-state index contributed by atoms with van der Waals surface area (Å²) in [6.07, 6.45) is 1.26. The minimum atomic E-state index is -3.55. The van der Waals surface area contributed by atoms with Crippen molar-refractivity contribution in [1.82, 2.24) is 4.72 Å². The molecule has 0 saturated carbocycles. The highest BCUT2D eigenvalue weighted by molar-refractivity contribution is 7.89. The molecule has 0 aliphatic heterocycles. The number of carboxylic acid groups (broad SMARTS) is 1.